The maximum absolute atomic E-state index is 5.45. The fourth-order valence-corrected chi connectivity index (χ4v) is 2.40. The minimum absolute atomic E-state index is 0.303. The van der Waals surface area contributed by atoms with Gasteiger partial charge in [-0.15, -0.1) is 0 Å². The van der Waals surface area contributed by atoms with Crippen LogP contribution in [0.4, 0.5) is 0 Å². The van der Waals surface area contributed by atoms with Gasteiger partial charge in [0.15, 0.2) is 0 Å². The molecule has 0 N–H and O–H groups in total. The summed E-state index contributed by atoms with van der Waals surface area (Å²) in [4.78, 5) is 0. The maximum Gasteiger partial charge on any atom is 0.104 e. The molecule has 1 heterocycles. The molecule has 1 aliphatic heterocycles. The van der Waals surface area contributed by atoms with E-state index in [1.165, 1.54) is 0 Å². The van der Waals surface area contributed by atoms with Gasteiger partial charge in [-0.2, -0.15) is 0 Å². The van der Waals surface area contributed by atoms with Crippen molar-refractivity contribution < 1.29 is 52.1 Å². The molecule has 1 saturated heterocycles. The molecule has 34 heavy (non-hydrogen) atoms. The smallest absolute Gasteiger partial charge is 0.104 e. The Kier molecular flexibility index (Phi) is 25.2. The van der Waals surface area contributed by atoms with E-state index < -0.39 is 0 Å². The quantitative estimate of drug-likeness (QED) is 0.103. The SMILES string of the molecule is CCOCCOCCOCCOCCOCCOCCOCCOCCOCCOCC1CO1. The predicted octanol–water partition coefficient (Wildman–Crippen LogP) is 0.571. The first-order valence-electron chi connectivity index (χ1n) is 12.3. The predicted molar refractivity (Wildman–Crippen MR) is 124 cm³/mol. The molecule has 0 aromatic heterocycles. The van der Waals surface area contributed by atoms with Crippen LogP contribution in [0.1, 0.15) is 6.92 Å². The van der Waals surface area contributed by atoms with E-state index >= 15 is 0 Å². The standard InChI is InChI=1S/C23H46O11/c1-2-24-3-4-25-5-6-26-7-8-27-9-10-28-11-12-29-13-14-30-15-16-31-17-18-32-19-20-33-21-23-22-34-23/h23H,2-22H2,1H3. The average Bonchev–Trinajstić information content (AvgIpc) is 3.67. The second-order valence-electron chi connectivity index (χ2n) is 7.13. The molecule has 0 aromatic rings. The van der Waals surface area contributed by atoms with E-state index in [0.717, 1.165) is 6.61 Å². The van der Waals surface area contributed by atoms with Crippen molar-refractivity contribution in [2.24, 2.45) is 0 Å². The number of hydrogen-bond donors (Lipinski definition) is 0. The zero-order valence-corrected chi connectivity index (χ0v) is 20.9. The van der Waals surface area contributed by atoms with Gasteiger partial charge in [-0.05, 0) is 6.92 Å². The van der Waals surface area contributed by atoms with Crippen LogP contribution in [0.5, 0.6) is 0 Å². The largest absolute Gasteiger partial charge is 0.379 e. The van der Waals surface area contributed by atoms with E-state index in [4.69, 9.17) is 52.1 Å². The Morgan fingerprint density at radius 3 is 0.882 bits per heavy atom. The van der Waals surface area contributed by atoms with E-state index in [2.05, 4.69) is 0 Å². The zero-order chi connectivity index (χ0) is 24.2. The van der Waals surface area contributed by atoms with Gasteiger partial charge in [0.25, 0.3) is 0 Å². The molecule has 204 valence electrons. The van der Waals surface area contributed by atoms with E-state index in [1.807, 2.05) is 6.92 Å². The molecule has 0 saturated carbocycles. The van der Waals surface area contributed by atoms with Gasteiger partial charge in [0.2, 0.25) is 0 Å². The normalized spacial score (nSPS) is 15.3. The van der Waals surface area contributed by atoms with E-state index in [-0.39, 0.29) is 0 Å². The van der Waals surface area contributed by atoms with Gasteiger partial charge in [0.05, 0.1) is 132 Å². The second-order valence-corrected chi connectivity index (χ2v) is 7.13. The van der Waals surface area contributed by atoms with Crippen molar-refractivity contribution in [1.29, 1.82) is 0 Å². The van der Waals surface area contributed by atoms with Crippen LogP contribution < -0.4 is 0 Å². The van der Waals surface area contributed by atoms with Crippen LogP contribution in [0.2, 0.25) is 0 Å². The Bertz CT molecular complexity index is 386. The number of epoxide rings is 1. The van der Waals surface area contributed by atoms with Gasteiger partial charge in [0.1, 0.15) is 6.10 Å². The minimum atomic E-state index is 0.303. The molecule has 0 aliphatic carbocycles. The first-order valence-corrected chi connectivity index (χ1v) is 12.3. The molecular weight excluding hydrogens is 452 g/mol. The Labute approximate surface area is 204 Å². The first-order chi connectivity index (χ1) is 16.9. The number of rotatable bonds is 30. The fourth-order valence-electron chi connectivity index (χ4n) is 2.40. The van der Waals surface area contributed by atoms with Crippen LogP contribution in [-0.4, -0.2) is 145 Å². The molecule has 0 amide bonds. The summed E-state index contributed by atoms with van der Waals surface area (Å²) in [6, 6.07) is 0. The summed E-state index contributed by atoms with van der Waals surface area (Å²) < 4.78 is 58.9. The third-order valence-corrected chi connectivity index (χ3v) is 4.26. The van der Waals surface area contributed by atoms with Crippen LogP contribution >= 0.6 is 0 Å². The topological polar surface area (TPSA) is 105 Å². The van der Waals surface area contributed by atoms with Crippen molar-refractivity contribution in [1.82, 2.24) is 0 Å². The molecule has 1 aliphatic rings. The molecular formula is C23H46O11. The summed E-state index contributed by atoms with van der Waals surface area (Å²) in [5.41, 5.74) is 0. The lowest BCUT2D eigenvalue weighted by Crippen LogP contribution is -2.15. The molecule has 1 fully saturated rings. The van der Waals surface area contributed by atoms with Crippen molar-refractivity contribution in [3.8, 4) is 0 Å². The van der Waals surface area contributed by atoms with Crippen LogP contribution in [0, 0.1) is 0 Å². The first kappa shape index (κ1) is 31.6. The van der Waals surface area contributed by atoms with Crippen molar-refractivity contribution in [3.63, 3.8) is 0 Å². The lowest BCUT2D eigenvalue weighted by Gasteiger charge is -2.09. The number of ether oxygens (including phenoxy) is 11. The zero-order valence-electron chi connectivity index (χ0n) is 20.9. The summed E-state index contributed by atoms with van der Waals surface area (Å²) >= 11 is 0. The van der Waals surface area contributed by atoms with Crippen molar-refractivity contribution >= 4 is 0 Å². The van der Waals surface area contributed by atoms with Gasteiger partial charge in [-0.25, -0.2) is 0 Å². The highest BCUT2D eigenvalue weighted by molar-refractivity contribution is 4.66. The van der Waals surface area contributed by atoms with Gasteiger partial charge in [-0.3, -0.25) is 0 Å². The van der Waals surface area contributed by atoms with Crippen molar-refractivity contribution in [2.75, 3.05) is 139 Å². The van der Waals surface area contributed by atoms with Crippen LogP contribution in [0.25, 0.3) is 0 Å². The van der Waals surface area contributed by atoms with E-state index in [9.17, 15) is 0 Å². The molecule has 0 spiro atoms. The highest BCUT2D eigenvalue weighted by atomic mass is 16.6. The molecule has 1 unspecified atom stereocenters. The Balaban J connectivity index is 1.58. The maximum atomic E-state index is 5.45. The van der Waals surface area contributed by atoms with Crippen LogP contribution in [-0.2, 0) is 52.1 Å². The summed E-state index contributed by atoms with van der Waals surface area (Å²) in [6.45, 7) is 14.1. The van der Waals surface area contributed by atoms with Gasteiger partial charge >= 0.3 is 0 Å². The van der Waals surface area contributed by atoms with Gasteiger partial charge in [0, 0.05) is 6.61 Å². The Morgan fingerprint density at radius 2 is 0.647 bits per heavy atom. The molecule has 11 heteroatoms. The third-order valence-electron chi connectivity index (χ3n) is 4.26. The molecule has 1 rings (SSSR count). The van der Waals surface area contributed by atoms with E-state index in [0.29, 0.717) is 138 Å². The molecule has 11 nitrogen and oxygen atoms in total. The summed E-state index contributed by atoms with van der Waals surface area (Å²) in [7, 11) is 0. The lowest BCUT2D eigenvalue weighted by molar-refractivity contribution is -0.0264. The average molecular weight is 499 g/mol. The fraction of sp³-hybridized carbons (Fsp3) is 1.00. The molecule has 0 bridgehead atoms. The minimum Gasteiger partial charge on any atom is -0.379 e. The summed E-state index contributed by atoms with van der Waals surface area (Å²) in [6.07, 6.45) is 0.303. The van der Waals surface area contributed by atoms with E-state index in [1.54, 1.807) is 0 Å². The van der Waals surface area contributed by atoms with Crippen LogP contribution in [0.3, 0.4) is 0 Å². The van der Waals surface area contributed by atoms with Gasteiger partial charge in [-0.1, -0.05) is 0 Å². The van der Waals surface area contributed by atoms with Crippen molar-refractivity contribution in [3.05, 3.63) is 0 Å². The number of hydrogen-bond acceptors (Lipinski definition) is 11. The van der Waals surface area contributed by atoms with Crippen LogP contribution in [0.15, 0.2) is 0 Å². The molecule has 0 aromatic carbocycles. The highest BCUT2D eigenvalue weighted by Gasteiger charge is 2.21. The highest BCUT2D eigenvalue weighted by Crippen LogP contribution is 2.07. The molecule has 1 atom stereocenters. The Hall–Kier alpha value is -0.440. The third kappa shape index (κ3) is 26.2. The lowest BCUT2D eigenvalue weighted by atomic mass is 10.5. The van der Waals surface area contributed by atoms with Gasteiger partial charge < -0.3 is 52.1 Å². The monoisotopic (exact) mass is 498 g/mol. The Morgan fingerprint density at radius 1 is 0.412 bits per heavy atom. The molecule has 0 radical (unpaired) electrons. The summed E-state index contributed by atoms with van der Waals surface area (Å²) in [5, 5.41) is 0. The summed E-state index contributed by atoms with van der Waals surface area (Å²) in [5.74, 6) is 0. The second kappa shape index (κ2) is 27.2. The van der Waals surface area contributed by atoms with Crippen molar-refractivity contribution in [2.45, 2.75) is 13.0 Å².